The summed E-state index contributed by atoms with van der Waals surface area (Å²) in [6.07, 6.45) is -5.65. The van der Waals surface area contributed by atoms with Gasteiger partial charge < -0.3 is 25.2 Å². The molecule has 0 radical (unpaired) electrons. The van der Waals surface area contributed by atoms with Crippen LogP contribution in [0.4, 0.5) is 5.69 Å². The fourth-order valence-corrected chi connectivity index (χ4v) is 2.18. The van der Waals surface area contributed by atoms with E-state index in [1.54, 1.807) is 0 Å². The van der Waals surface area contributed by atoms with E-state index < -0.39 is 35.1 Å². The summed E-state index contributed by atoms with van der Waals surface area (Å²) in [5, 5.41) is 50.1. The van der Waals surface area contributed by atoms with Gasteiger partial charge in [-0.2, -0.15) is 0 Å². The summed E-state index contributed by atoms with van der Waals surface area (Å²) in [6, 6.07) is 4.73. The van der Waals surface area contributed by atoms with Crippen LogP contribution in [0.15, 0.2) is 24.3 Å². The zero-order valence-corrected chi connectivity index (χ0v) is 10.6. The molecule has 1 aliphatic heterocycles. The van der Waals surface area contributed by atoms with Crippen LogP contribution in [0.3, 0.4) is 0 Å². The van der Waals surface area contributed by atoms with Crippen molar-refractivity contribution in [2.24, 2.45) is 0 Å². The SMILES string of the molecule is C[C@@H]1O[C@](O)(c2ccc([N+](=O)[O-])cc2)[C@@H](O)[C@H](O)[C@@H]1O. The van der Waals surface area contributed by atoms with E-state index in [4.69, 9.17) is 4.74 Å². The Kier molecular flexibility index (Phi) is 3.76. The molecule has 5 atom stereocenters. The molecule has 0 saturated carbocycles. The quantitative estimate of drug-likeness (QED) is 0.414. The van der Waals surface area contributed by atoms with Gasteiger partial charge >= 0.3 is 0 Å². The Bertz CT molecular complexity index is 505. The third kappa shape index (κ3) is 2.28. The van der Waals surface area contributed by atoms with Gasteiger partial charge in [-0.25, -0.2) is 0 Å². The van der Waals surface area contributed by atoms with E-state index >= 15 is 0 Å². The van der Waals surface area contributed by atoms with Crippen LogP contribution in [0.25, 0.3) is 0 Å². The van der Waals surface area contributed by atoms with E-state index in [9.17, 15) is 30.5 Å². The predicted octanol–water partition coefficient (Wildman–Crippen LogP) is -0.759. The molecule has 110 valence electrons. The average molecular weight is 285 g/mol. The van der Waals surface area contributed by atoms with E-state index in [2.05, 4.69) is 0 Å². The number of ether oxygens (including phenoxy) is 1. The first-order valence-electron chi connectivity index (χ1n) is 5.96. The van der Waals surface area contributed by atoms with E-state index in [0.29, 0.717) is 0 Å². The van der Waals surface area contributed by atoms with Crippen molar-refractivity contribution in [1.29, 1.82) is 0 Å². The molecule has 20 heavy (non-hydrogen) atoms. The highest BCUT2D eigenvalue weighted by atomic mass is 16.7. The molecule has 0 unspecified atom stereocenters. The van der Waals surface area contributed by atoms with Crippen LogP contribution >= 0.6 is 0 Å². The molecule has 1 heterocycles. The molecule has 2 rings (SSSR count). The summed E-state index contributed by atoms with van der Waals surface area (Å²) in [5.74, 6) is -2.24. The molecule has 0 spiro atoms. The molecule has 8 nitrogen and oxygen atoms in total. The molecule has 1 saturated heterocycles. The van der Waals surface area contributed by atoms with Crippen molar-refractivity contribution in [3.05, 3.63) is 39.9 Å². The number of hydrogen-bond donors (Lipinski definition) is 4. The number of aliphatic hydroxyl groups excluding tert-OH is 3. The number of benzene rings is 1. The Labute approximate surface area is 114 Å². The maximum Gasteiger partial charge on any atom is 0.269 e. The monoisotopic (exact) mass is 285 g/mol. The Morgan fingerprint density at radius 1 is 1.20 bits per heavy atom. The van der Waals surface area contributed by atoms with Gasteiger partial charge in [0, 0.05) is 17.7 Å². The molecular formula is C12H15NO7. The zero-order chi connectivity index (χ0) is 15.1. The predicted molar refractivity (Wildman–Crippen MR) is 65.6 cm³/mol. The molecule has 4 N–H and O–H groups in total. The lowest BCUT2D eigenvalue weighted by Crippen LogP contribution is -2.62. The second-order valence-electron chi connectivity index (χ2n) is 4.75. The van der Waals surface area contributed by atoms with Crippen LogP contribution in [0.2, 0.25) is 0 Å². The van der Waals surface area contributed by atoms with Gasteiger partial charge in [0.05, 0.1) is 11.0 Å². The maximum absolute atomic E-state index is 10.6. The Morgan fingerprint density at radius 2 is 1.75 bits per heavy atom. The number of nitro benzene ring substituents is 1. The van der Waals surface area contributed by atoms with Gasteiger partial charge in [-0.05, 0) is 19.1 Å². The second-order valence-corrected chi connectivity index (χ2v) is 4.75. The molecule has 0 bridgehead atoms. The summed E-state index contributed by atoms with van der Waals surface area (Å²) in [7, 11) is 0. The summed E-state index contributed by atoms with van der Waals surface area (Å²) < 4.78 is 5.18. The van der Waals surface area contributed by atoms with Crippen molar-refractivity contribution in [3.8, 4) is 0 Å². The first-order chi connectivity index (χ1) is 9.27. The summed E-state index contributed by atoms with van der Waals surface area (Å²) in [6.45, 7) is 1.43. The third-order valence-electron chi connectivity index (χ3n) is 3.41. The number of nitrogens with zero attached hydrogens (tertiary/aromatic N) is 1. The normalized spacial score (nSPS) is 37.6. The van der Waals surface area contributed by atoms with E-state index in [1.807, 2.05) is 0 Å². The highest BCUT2D eigenvalue weighted by Gasteiger charge is 2.52. The highest BCUT2D eigenvalue weighted by Crippen LogP contribution is 2.36. The molecule has 1 fully saturated rings. The third-order valence-corrected chi connectivity index (χ3v) is 3.41. The molecule has 0 amide bonds. The van der Waals surface area contributed by atoms with Crippen LogP contribution in [-0.4, -0.2) is 49.8 Å². The van der Waals surface area contributed by atoms with Crippen molar-refractivity contribution in [3.63, 3.8) is 0 Å². The summed E-state index contributed by atoms with van der Waals surface area (Å²) in [5.41, 5.74) is -0.135. The average Bonchev–Trinajstić information content (AvgIpc) is 2.43. The van der Waals surface area contributed by atoms with Crippen molar-refractivity contribution >= 4 is 5.69 Å². The van der Waals surface area contributed by atoms with Gasteiger partial charge in [-0.3, -0.25) is 10.1 Å². The fourth-order valence-electron chi connectivity index (χ4n) is 2.18. The summed E-state index contributed by atoms with van der Waals surface area (Å²) in [4.78, 5) is 9.97. The molecule has 0 aliphatic carbocycles. The molecule has 0 aromatic heterocycles. The molecular weight excluding hydrogens is 270 g/mol. The molecule has 1 aromatic carbocycles. The smallest absolute Gasteiger partial charge is 0.269 e. The number of aliphatic hydroxyl groups is 4. The molecule has 1 aliphatic rings. The van der Waals surface area contributed by atoms with Crippen LogP contribution < -0.4 is 0 Å². The zero-order valence-electron chi connectivity index (χ0n) is 10.6. The van der Waals surface area contributed by atoms with Crippen molar-refractivity contribution in [2.75, 3.05) is 0 Å². The van der Waals surface area contributed by atoms with Crippen LogP contribution in [0.1, 0.15) is 12.5 Å². The number of rotatable bonds is 2. The van der Waals surface area contributed by atoms with Crippen LogP contribution in [-0.2, 0) is 10.5 Å². The van der Waals surface area contributed by atoms with Crippen molar-refractivity contribution < 1.29 is 30.1 Å². The van der Waals surface area contributed by atoms with Crippen LogP contribution in [0, 0.1) is 10.1 Å². The minimum atomic E-state index is -2.24. The Balaban J connectivity index is 2.36. The first-order valence-corrected chi connectivity index (χ1v) is 5.96. The van der Waals surface area contributed by atoms with Crippen molar-refractivity contribution in [1.82, 2.24) is 0 Å². The maximum atomic E-state index is 10.6. The lowest BCUT2D eigenvalue weighted by atomic mass is 9.88. The lowest BCUT2D eigenvalue weighted by molar-refractivity contribution is -0.385. The minimum Gasteiger partial charge on any atom is -0.388 e. The minimum absolute atomic E-state index is 0.0494. The van der Waals surface area contributed by atoms with Gasteiger partial charge in [-0.1, -0.05) is 0 Å². The van der Waals surface area contributed by atoms with Gasteiger partial charge in [0.25, 0.3) is 5.69 Å². The first kappa shape index (κ1) is 14.8. The van der Waals surface area contributed by atoms with Gasteiger partial charge in [-0.15, -0.1) is 0 Å². The summed E-state index contributed by atoms with van der Waals surface area (Å²) >= 11 is 0. The topological polar surface area (TPSA) is 133 Å². The van der Waals surface area contributed by atoms with Gasteiger partial charge in [0.1, 0.15) is 18.3 Å². The highest BCUT2D eigenvalue weighted by molar-refractivity contribution is 5.35. The Morgan fingerprint density at radius 3 is 2.25 bits per heavy atom. The lowest BCUT2D eigenvalue weighted by Gasteiger charge is -2.45. The molecule has 8 heteroatoms. The second kappa shape index (κ2) is 5.08. The fraction of sp³-hybridized carbons (Fsp3) is 0.500. The van der Waals surface area contributed by atoms with Gasteiger partial charge in [0.2, 0.25) is 5.79 Å². The number of nitro groups is 1. The van der Waals surface area contributed by atoms with E-state index in [-0.39, 0.29) is 11.3 Å². The Hall–Kier alpha value is -1.58. The standard InChI is InChI=1S/C12H15NO7/c1-6-9(14)10(15)11(16)12(17,20-6)7-2-4-8(5-3-7)13(18)19/h2-6,9-11,14-17H,1H3/t6-,9+,10+,11-,12+/m0/s1. The largest absolute Gasteiger partial charge is 0.388 e. The van der Waals surface area contributed by atoms with Gasteiger partial charge in [0.15, 0.2) is 0 Å². The van der Waals surface area contributed by atoms with E-state index in [1.165, 1.54) is 19.1 Å². The number of hydrogen-bond acceptors (Lipinski definition) is 7. The number of non-ortho nitro benzene ring substituents is 1. The van der Waals surface area contributed by atoms with Crippen LogP contribution in [0.5, 0.6) is 0 Å². The van der Waals surface area contributed by atoms with E-state index in [0.717, 1.165) is 12.1 Å². The van der Waals surface area contributed by atoms with Crippen molar-refractivity contribution in [2.45, 2.75) is 37.1 Å². The molecule has 1 aromatic rings.